The summed E-state index contributed by atoms with van der Waals surface area (Å²) in [5.74, 6) is -0.112. The summed E-state index contributed by atoms with van der Waals surface area (Å²) in [7, 11) is 0. The van der Waals surface area contributed by atoms with Crippen molar-refractivity contribution in [3.8, 4) is 0 Å². The largest absolute Gasteiger partial charge is 0.349 e. The molecule has 104 valence electrons. The van der Waals surface area contributed by atoms with E-state index in [4.69, 9.17) is 0 Å². The van der Waals surface area contributed by atoms with Gasteiger partial charge in [0.2, 0.25) is 6.41 Å². The number of amides is 2. The monoisotopic (exact) mass is 262 g/mol. The predicted octanol–water partition coefficient (Wildman–Crippen LogP) is 2.20. The minimum Gasteiger partial charge on any atom is -0.349 e. The lowest BCUT2D eigenvalue weighted by atomic mass is 9.95. The average molecular weight is 262 g/mol. The Morgan fingerprint density at radius 1 is 1.26 bits per heavy atom. The van der Waals surface area contributed by atoms with Crippen LogP contribution in [0.1, 0.15) is 39.0 Å². The first-order valence-electron chi connectivity index (χ1n) is 6.71. The van der Waals surface area contributed by atoms with E-state index < -0.39 is 0 Å². The Kier molecular flexibility index (Phi) is 6.64. The zero-order chi connectivity index (χ0) is 14.1. The second-order valence-electron chi connectivity index (χ2n) is 4.70. The van der Waals surface area contributed by atoms with Crippen LogP contribution in [-0.4, -0.2) is 18.4 Å². The number of rotatable bonds is 6. The van der Waals surface area contributed by atoms with Crippen molar-refractivity contribution in [2.24, 2.45) is 0 Å². The topological polar surface area (TPSA) is 58.2 Å². The van der Waals surface area contributed by atoms with Gasteiger partial charge in [0.15, 0.2) is 0 Å². The van der Waals surface area contributed by atoms with Crippen LogP contribution in [0.4, 0.5) is 0 Å². The van der Waals surface area contributed by atoms with E-state index in [1.165, 1.54) is 19.3 Å². The summed E-state index contributed by atoms with van der Waals surface area (Å²) < 4.78 is 0. The standard InChI is InChI=1S/C15H22N2O2/c1-3-7-13(10-12(2)16-11-18)15(19)17-14-8-5-4-6-9-14/h3,7,10-11,14H,2,4-6,8-9H2,1H3,(H,16,18)(H,17,19)/b7-3-,13-10+. The highest BCUT2D eigenvalue weighted by atomic mass is 16.1. The molecule has 4 heteroatoms. The fourth-order valence-corrected chi connectivity index (χ4v) is 2.19. The molecule has 0 saturated heterocycles. The van der Waals surface area contributed by atoms with Gasteiger partial charge in [-0.25, -0.2) is 0 Å². The van der Waals surface area contributed by atoms with E-state index in [9.17, 15) is 9.59 Å². The molecule has 1 rings (SSSR count). The van der Waals surface area contributed by atoms with Gasteiger partial charge in [0.1, 0.15) is 0 Å². The van der Waals surface area contributed by atoms with Gasteiger partial charge in [0, 0.05) is 17.3 Å². The van der Waals surface area contributed by atoms with Crippen molar-refractivity contribution in [1.82, 2.24) is 10.6 Å². The fraction of sp³-hybridized carbons (Fsp3) is 0.467. The molecule has 0 aromatic carbocycles. The summed E-state index contributed by atoms with van der Waals surface area (Å²) in [6, 6.07) is 0.266. The minimum atomic E-state index is -0.112. The number of carbonyl (C=O) groups is 2. The van der Waals surface area contributed by atoms with Gasteiger partial charge in [0.05, 0.1) is 0 Å². The number of allylic oxidation sites excluding steroid dienone is 2. The maximum atomic E-state index is 12.2. The van der Waals surface area contributed by atoms with Crippen LogP contribution >= 0.6 is 0 Å². The van der Waals surface area contributed by atoms with Crippen LogP contribution in [-0.2, 0) is 9.59 Å². The fourth-order valence-electron chi connectivity index (χ4n) is 2.19. The van der Waals surface area contributed by atoms with E-state index >= 15 is 0 Å². The summed E-state index contributed by atoms with van der Waals surface area (Å²) in [5, 5.41) is 5.46. The van der Waals surface area contributed by atoms with Crippen molar-refractivity contribution < 1.29 is 9.59 Å². The highest BCUT2D eigenvalue weighted by Crippen LogP contribution is 2.18. The van der Waals surface area contributed by atoms with Gasteiger partial charge in [-0.3, -0.25) is 9.59 Å². The molecule has 0 aliphatic heterocycles. The van der Waals surface area contributed by atoms with E-state index in [0.717, 1.165) is 12.8 Å². The van der Waals surface area contributed by atoms with Crippen LogP contribution in [0.5, 0.6) is 0 Å². The first-order valence-corrected chi connectivity index (χ1v) is 6.71. The number of carbonyl (C=O) groups excluding carboxylic acids is 2. The van der Waals surface area contributed by atoms with Crippen LogP contribution in [0.3, 0.4) is 0 Å². The molecule has 19 heavy (non-hydrogen) atoms. The van der Waals surface area contributed by atoms with Crippen molar-refractivity contribution in [1.29, 1.82) is 0 Å². The van der Waals surface area contributed by atoms with Crippen LogP contribution < -0.4 is 10.6 Å². The lowest BCUT2D eigenvalue weighted by Crippen LogP contribution is -2.36. The second-order valence-corrected chi connectivity index (χ2v) is 4.70. The molecule has 0 aromatic rings. The number of nitrogens with one attached hydrogen (secondary N) is 2. The Labute approximate surface area is 114 Å². The average Bonchev–Trinajstić information content (AvgIpc) is 2.39. The molecular formula is C15H22N2O2. The molecule has 1 aliphatic carbocycles. The Morgan fingerprint density at radius 2 is 1.95 bits per heavy atom. The zero-order valence-electron chi connectivity index (χ0n) is 11.4. The van der Waals surface area contributed by atoms with Crippen molar-refractivity contribution in [2.75, 3.05) is 0 Å². The second kappa shape index (κ2) is 8.29. The molecule has 0 spiro atoms. The first-order chi connectivity index (χ1) is 9.17. The maximum absolute atomic E-state index is 12.2. The van der Waals surface area contributed by atoms with Gasteiger partial charge in [0.25, 0.3) is 5.91 Å². The molecule has 0 aromatic heterocycles. The van der Waals surface area contributed by atoms with Gasteiger partial charge in [-0.05, 0) is 25.8 Å². The van der Waals surface area contributed by atoms with E-state index in [1.807, 2.05) is 6.92 Å². The lowest BCUT2D eigenvalue weighted by molar-refractivity contribution is -0.118. The normalized spacial score (nSPS) is 17.2. The molecule has 4 nitrogen and oxygen atoms in total. The van der Waals surface area contributed by atoms with E-state index in [0.29, 0.717) is 17.7 Å². The van der Waals surface area contributed by atoms with Crippen LogP contribution in [0, 0.1) is 0 Å². The third-order valence-corrected chi connectivity index (χ3v) is 3.12. The van der Waals surface area contributed by atoms with Crippen LogP contribution in [0.25, 0.3) is 0 Å². The van der Waals surface area contributed by atoms with Crippen molar-refractivity contribution >= 4 is 12.3 Å². The molecule has 1 saturated carbocycles. The van der Waals surface area contributed by atoms with Gasteiger partial charge < -0.3 is 10.6 Å². The van der Waals surface area contributed by atoms with Crippen molar-refractivity contribution in [3.05, 3.63) is 36.1 Å². The smallest absolute Gasteiger partial charge is 0.251 e. The maximum Gasteiger partial charge on any atom is 0.251 e. The third-order valence-electron chi connectivity index (χ3n) is 3.12. The van der Waals surface area contributed by atoms with Gasteiger partial charge in [-0.1, -0.05) is 38.0 Å². The molecule has 0 atom stereocenters. The first kappa shape index (κ1) is 15.2. The quantitative estimate of drug-likeness (QED) is 0.438. The van der Waals surface area contributed by atoms with E-state index in [1.54, 1.807) is 18.2 Å². The van der Waals surface area contributed by atoms with Crippen LogP contribution in [0.15, 0.2) is 36.1 Å². The highest BCUT2D eigenvalue weighted by Gasteiger charge is 2.16. The zero-order valence-corrected chi connectivity index (χ0v) is 11.4. The lowest BCUT2D eigenvalue weighted by Gasteiger charge is -2.23. The van der Waals surface area contributed by atoms with E-state index in [2.05, 4.69) is 17.2 Å². The van der Waals surface area contributed by atoms with Gasteiger partial charge in [-0.15, -0.1) is 0 Å². The SMILES string of the molecule is C=C(/C=C(\C=C/C)C(=O)NC1CCCCC1)NC=O. The summed E-state index contributed by atoms with van der Waals surface area (Å²) in [5.41, 5.74) is 0.911. The van der Waals surface area contributed by atoms with Gasteiger partial charge in [-0.2, -0.15) is 0 Å². The molecule has 0 radical (unpaired) electrons. The Balaban J connectivity index is 2.66. The molecule has 2 N–H and O–H groups in total. The summed E-state index contributed by atoms with van der Waals surface area (Å²) >= 11 is 0. The molecule has 1 aliphatic rings. The summed E-state index contributed by atoms with van der Waals surface area (Å²) in [6.45, 7) is 5.51. The summed E-state index contributed by atoms with van der Waals surface area (Å²) in [6.07, 6.45) is 11.3. The number of hydrogen-bond acceptors (Lipinski definition) is 2. The Hall–Kier alpha value is -1.84. The van der Waals surface area contributed by atoms with E-state index in [-0.39, 0.29) is 11.9 Å². The molecule has 1 fully saturated rings. The Morgan fingerprint density at radius 3 is 2.53 bits per heavy atom. The summed E-state index contributed by atoms with van der Waals surface area (Å²) in [4.78, 5) is 22.5. The highest BCUT2D eigenvalue weighted by molar-refractivity contribution is 5.96. The Bertz CT molecular complexity index is 391. The third kappa shape index (κ3) is 5.55. The predicted molar refractivity (Wildman–Crippen MR) is 76.3 cm³/mol. The molecule has 2 amide bonds. The molecule has 0 bridgehead atoms. The van der Waals surface area contributed by atoms with Crippen molar-refractivity contribution in [3.63, 3.8) is 0 Å². The van der Waals surface area contributed by atoms with Crippen LogP contribution in [0.2, 0.25) is 0 Å². The van der Waals surface area contributed by atoms with Crippen molar-refractivity contribution in [2.45, 2.75) is 45.1 Å². The van der Waals surface area contributed by atoms with Gasteiger partial charge >= 0.3 is 0 Å². The minimum absolute atomic E-state index is 0.112. The molecule has 0 heterocycles. The molecular weight excluding hydrogens is 240 g/mol. The molecule has 0 unspecified atom stereocenters. The number of hydrogen-bond donors (Lipinski definition) is 2.